The lowest BCUT2D eigenvalue weighted by atomic mass is 9.71. The first-order chi connectivity index (χ1) is 21.2. The van der Waals surface area contributed by atoms with Crippen LogP contribution in [0.5, 0.6) is 0 Å². The molecule has 0 amide bonds. The first-order valence-electron chi connectivity index (χ1n) is 15.8. The fourth-order valence-corrected chi connectivity index (χ4v) is 11.9. The van der Waals surface area contributed by atoms with Crippen LogP contribution < -0.4 is 10.2 Å². The Balaban J connectivity index is 1.30. The first-order valence-corrected chi connectivity index (χ1v) is 16.9. The molecule has 5 aliphatic rings. The smallest absolute Gasteiger partial charge is 0.0900 e. The number of hydrogen-bond acceptors (Lipinski definition) is 2. The maximum Gasteiger partial charge on any atom is 0.0900 e. The second-order valence-electron chi connectivity index (χ2n) is 14.3. The maximum absolute atomic E-state index is 5.38. The Kier molecular flexibility index (Phi) is 2.92. The van der Waals surface area contributed by atoms with E-state index in [-0.39, 0.29) is 6.04 Å². The van der Waals surface area contributed by atoms with Crippen molar-refractivity contribution >= 4 is 115 Å². The van der Waals surface area contributed by atoms with E-state index in [0.29, 0.717) is 11.8 Å². The molecule has 0 aromatic heterocycles. The Morgan fingerprint density at radius 2 is 1.35 bits per heavy atom. The molecule has 1 heterocycles. The van der Waals surface area contributed by atoms with Gasteiger partial charge < -0.3 is 0 Å². The number of hydrogen-bond donors (Lipinski definition) is 0. The van der Waals surface area contributed by atoms with Crippen LogP contribution >= 0.6 is 22.6 Å². The van der Waals surface area contributed by atoms with E-state index in [4.69, 9.17) is 5.10 Å². The monoisotopic (exact) mass is 656 g/mol. The van der Waals surface area contributed by atoms with Gasteiger partial charge >= 0.3 is 0 Å². The van der Waals surface area contributed by atoms with Crippen molar-refractivity contribution < 1.29 is 0 Å². The van der Waals surface area contributed by atoms with Crippen molar-refractivity contribution in [3.8, 4) is 0 Å². The number of fused-ring (bicyclic) bond motifs is 3. The quantitative estimate of drug-likeness (QED) is 0.127. The molecule has 1 aliphatic heterocycles. The molecule has 198 valence electrons. The van der Waals surface area contributed by atoms with Crippen LogP contribution in [0.3, 0.4) is 0 Å². The van der Waals surface area contributed by atoms with E-state index in [1.54, 1.807) is 92.1 Å². The van der Waals surface area contributed by atoms with Crippen LogP contribution in [0.25, 0.3) is 81.0 Å². The lowest BCUT2D eigenvalue weighted by molar-refractivity contribution is 0.603. The van der Waals surface area contributed by atoms with E-state index in [9.17, 15) is 0 Å². The molecule has 0 bridgehead atoms. The Morgan fingerprint density at radius 1 is 0.674 bits per heavy atom. The molecule has 43 heavy (non-hydrogen) atoms. The average Bonchev–Trinajstić information content (AvgIpc) is 3.80. The van der Waals surface area contributed by atoms with Gasteiger partial charge in [-0.1, -0.05) is 30.3 Å². The van der Waals surface area contributed by atoms with Gasteiger partial charge in [0, 0.05) is 15.2 Å². The summed E-state index contributed by atoms with van der Waals surface area (Å²) in [5, 5.41) is 31.4. The van der Waals surface area contributed by atoms with Crippen molar-refractivity contribution in [3.05, 3.63) is 91.2 Å². The van der Waals surface area contributed by atoms with Crippen LogP contribution in [-0.4, -0.2) is 5.71 Å². The number of benzene rings is 7. The molecule has 2 nitrogen and oxygen atoms in total. The van der Waals surface area contributed by atoms with Gasteiger partial charge in [-0.2, -0.15) is 5.10 Å². The Labute approximate surface area is 259 Å². The average molecular weight is 657 g/mol. The van der Waals surface area contributed by atoms with Crippen molar-refractivity contribution in [2.75, 3.05) is 5.01 Å². The fourth-order valence-electron chi connectivity index (χ4n) is 11.6. The van der Waals surface area contributed by atoms with Gasteiger partial charge in [-0.3, -0.25) is 5.01 Å². The van der Waals surface area contributed by atoms with Crippen LogP contribution in [0.1, 0.15) is 53.1 Å². The molecule has 14 rings (SSSR count). The number of nitrogens with zero attached hydrogens (tertiary/aromatic N) is 2. The predicted molar refractivity (Wildman–Crippen MR) is 187 cm³/mol. The van der Waals surface area contributed by atoms with Gasteiger partial charge in [-0.15, -0.1) is 0 Å². The standard InChI is InChI=1S/C40H21IN2/c1-14-25-23-12-19-10-17-8-15-2-3-16-9-18-11-20-13-24(40(25)43(42-14)22-6-4-21(41)5-7-22)33-32(23)36-30(19)28(17)34-26(15)27(16)35-29(18)31(20)37(33)39(36)38(34)35/h2-9,13,19,25,40H,10-12H2,1H3. The summed E-state index contributed by atoms with van der Waals surface area (Å²) in [6.07, 6.45) is 3.39. The molecule has 4 aliphatic carbocycles. The molecule has 0 fully saturated rings. The van der Waals surface area contributed by atoms with Crippen LogP contribution in [0.4, 0.5) is 5.69 Å². The van der Waals surface area contributed by atoms with E-state index < -0.39 is 0 Å². The molecule has 3 unspecified atom stereocenters. The summed E-state index contributed by atoms with van der Waals surface area (Å²) in [7, 11) is 0. The third-order valence-electron chi connectivity index (χ3n) is 12.7. The van der Waals surface area contributed by atoms with Crippen LogP contribution in [0.15, 0.2) is 59.7 Å². The summed E-state index contributed by atoms with van der Waals surface area (Å²) in [6.45, 7) is 2.30. The summed E-state index contributed by atoms with van der Waals surface area (Å²) in [5.41, 5.74) is 12.1. The topological polar surface area (TPSA) is 15.6 Å². The van der Waals surface area contributed by atoms with E-state index >= 15 is 0 Å². The minimum Gasteiger partial charge on any atom is -0.257 e. The third kappa shape index (κ3) is 1.86. The number of hydrazone groups is 1. The number of anilines is 1. The predicted octanol–water partition coefficient (Wildman–Crippen LogP) is 9.50. The molecule has 3 heteroatoms. The highest BCUT2D eigenvalue weighted by Gasteiger charge is 2.49. The highest BCUT2D eigenvalue weighted by Crippen LogP contribution is 2.64. The highest BCUT2D eigenvalue weighted by molar-refractivity contribution is 14.1. The highest BCUT2D eigenvalue weighted by atomic mass is 127. The van der Waals surface area contributed by atoms with E-state index in [2.05, 4.69) is 89.1 Å². The second kappa shape index (κ2) is 6.03. The minimum absolute atomic E-state index is 0.225. The first kappa shape index (κ1) is 20.9. The molecule has 9 aromatic carbocycles. The third-order valence-corrected chi connectivity index (χ3v) is 13.4. The molecule has 0 spiro atoms. The van der Waals surface area contributed by atoms with Gasteiger partial charge in [0.15, 0.2) is 0 Å². The van der Waals surface area contributed by atoms with Gasteiger partial charge in [0.05, 0.1) is 11.7 Å². The van der Waals surface area contributed by atoms with Crippen molar-refractivity contribution in [1.82, 2.24) is 0 Å². The van der Waals surface area contributed by atoms with Crippen LogP contribution in [0.2, 0.25) is 0 Å². The maximum atomic E-state index is 5.38. The zero-order valence-electron chi connectivity index (χ0n) is 23.3. The SMILES string of the molecule is CC1=NN(c2ccc(I)cc2)C2c3cc4c5c6c(cc7ccc8cc9c%10c%11c%12c(c3c5c%12c3c%10c8c7c63)=C(CC%11C9)C12)C4. The molecule has 0 saturated carbocycles. The Morgan fingerprint density at radius 3 is 2.16 bits per heavy atom. The Hall–Kier alpha value is -3.96. The molecule has 0 radical (unpaired) electrons. The van der Waals surface area contributed by atoms with Gasteiger partial charge in [0.2, 0.25) is 0 Å². The summed E-state index contributed by atoms with van der Waals surface area (Å²) in [4.78, 5) is 0. The van der Waals surface area contributed by atoms with E-state index in [1.165, 1.54) is 49.7 Å². The van der Waals surface area contributed by atoms with E-state index in [1.807, 2.05) is 0 Å². The summed E-state index contributed by atoms with van der Waals surface area (Å²) in [5.74, 6) is 0.915. The zero-order chi connectivity index (χ0) is 27.4. The van der Waals surface area contributed by atoms with Crippen molar-refractivity contribution in [2.24, 2.45) is 11.0 Å². The lowest BCUT2D eigenvalue weighted by Crippen LogP contribution is -2.34. The normalized spacial score (nSPS) is 23.1. The van der Waals surface area contributed by atoms with Gasteiger partial charge in [0.1, 0.15) is 0 Å². The zero-order valence-corrected chi connectivity index (χ0v) is 25.5. The fraction of sp³-hybridized carbons (Fsp3) is 0.175. The van der Waals surface area contributed by atoms with Crippen LogP contribution in [-0.2, 0) is 12.8 Å². The molecule has 0 N–H and O–H groups in total. The summed E-state index contributed by atoms with van der Waals surface area (Å²) < 4.78 is 1.27. The van der Waals surface area contributed by atoms with Gasteiger partial charge in [-0.25, -0.2) is 0 Å². The van der Waals surface area contributed by atoms with Crippen molar-refractivity contribution in [3.63, 3.8) is 0 Å². The van der Waals surface area contributed by atoms with Gasteiger partial charge in [0.25, 0.3) is 0 Å². The minimum atomic E-state index is 0.225. The summed E-state index contributed by atoms with van der Waals surface area (Å²) in [6, 6.07) is 21.9. The number of rotatable bonds is 1. The lowest BCUT2D eigenvalue weighted by Gasteiger charge is -2.36. The Bertz CT molecular complexity index is 2950. The molecular formula is C40H21IN2. The van der Waals surface area contributed by atoms with Gasteiger partial charge in [-0.05, 0) is 193 Å². The van der Waals surface area contributed by atoms with Crippen molar-refractivity contribution in [1.29, 1.82) is 0 Å². The molecular weight excluding hydrogens is 635 g/mol. The second-order valence-corrected chi connectivity index (χ2v) is 15.5. The number of halogens is 1. The summed E-state index contributed by atoms with van der Waals surface area (Å²) >= 11 is 2.42. The molecule has 3 atom stereocenters. The van der Waals surface area contributed by atoms with Crippen LogP contribution in [0, 0.1) is 9.49 Å². The molecule has 9 aromatic rings. The van der Waals surface area contributed by atoms with E-state index in [0.717, 1.165) is 6.42 Å². The largest absolute Gasteiger partial charge is 0.257 e. The molecule has 0 saturated heterocycles. The van der Waals surface area contributed by atoms with Crippen molar-refractivity contribution in [2.45, 2.75) is 38.1 Å².